The van der Waals surface area contributed by atoms with Crippen molar-refractivity contribution in [2.24, 2.45) is 0 Å². The van der Waals surface area contributed by atoms with Crippen LogP contribution in [-0.2, 0) is 6.42 Å². The predicted molar refractivity (Wildman–Crippen MR) is 70.8 cm³/mol. The molecule has 2 aromatic rings. The van der Waals surface area contributed by atoms with Crippen LogP contribution in [0.3, 0.4) is 0 Å². The van der Waals surface area contributed by atoms with Gasteiger partial charge in [0, 0.05) is 0 Å². The predicted octanol–water partition coefficient (Wildman–Crippen LogP) is 1.49. The van der Waals surface area contributed by atoms with Crippen molar-refractivity contribution in [2.45, 2.75) is 39.2 Å². The van der Waals surface area contributed by atoms with Crippen LogP contribution in [0, 0.1) is 0 Å². The average molecular weight is 280 g/mol. The highest BCUT2D eigenvalue weighted by atomic mass is 32.1. The molecular weight excluding hydrogens is 264 g/mol. The number of nitrogens with zero attached hydrogens (tertiary/aromatic N) is 4. The van der Waals surface area contributed by atoms with Crippen LogP contribution in [-0.4, -0.2) is 31.5 Å². The quantitative estimate of drug-likeness (QED) is 0.835. The average Bonchev–Trinajstić information content (AvgIpc) is 3.09. The minimum absolute atomic E-state index is 0.138. The number of hydrogen-bond donors (Lipinski definition) is 2. The van der Waals surface area contributed by atoms with Gasteiger partial charge in [-0.2, -0.15) is 5.21 Å². The van der Waals surface area contributed by atoms with Gasteiger partial charge in [-0.1, -0.05) is 25.5 Å². The molecule has 0 saturated heterocycles. The lowest BCUT2D eigenvalue weighted by atomic mass is 10.1. The summed E-state index contributed by atoms with van der Waals surface area (Å²) in [6.45, 7) is 4.06. The Morgan fingerprint density at radius 1 is 1.53 bits per heavy atom. The normalized spacial score (nSPS) is 12.3. The minimum atomic E-state index is -0.219. The number of amides is 1. The highest BCUT2D eigenvalue weighted by Crippen LogP contribution is 2.17. The molecule has 2 heterocycles. The summed E-state index contributed by atoms with van der Waals surface area (Å²) in [5, 5.41) is 17.7. The van der Waals surface area contributed by atoms with Crippen molar-refractivity contribution >= 4 is 17.2 Å². The van der Waals surface area contributed by atoms with Crippen LogP contribution in [0.15, 0.2) is 6.20 Å². The van der Waals surface area contributed by atoms with Crippen molar-refractivity contribution in [3.63, 3.8) is 0 Å². The fraction of sp³-hybridized carbons (Fsp3) is 0.545. The fourth-order valence-electron chi connectivity index (χ4n) is 1.68. The Morgan fingerprint density at radius 2 is 2.37 bits per heavy atom. The minimum Gasteiger partial charge on any atom is -0.341 e. The van der Waals surface area contributed by atoms with Gasteiger partial charge in [-0.25, -0.2) is 4.98 Å². The standard InChI is InChI=1S/C11H16N6OS/c1-3-5-7(10-14-16-17-15-10)13-11(18)8-6-12-9(4-2)19-8/h6-7H,3-5H2,1-2H3,(H,13,18)(H,14,15,16,17)/t7-/m0/s1. The summed E-state index contributed by atoms with van der Waals surface area (Å²) in [7, 11) is 0. The molecule has 2 N–H and O–H groups in total. The van der Waals surface area contributed by atoms with E-state index in [0.29, 0.717) is 10.7 Å². The van der Waals surface area contributed by atoms with Crippen molar-refractivity contribution in [3.8, 4) is 0 Å². The number of aryl methyl sites for hydroxylation is 1. The molecule has 0 unspecified atom stereocenters. The van der Waals surface area contributed by atoms with Gasteiger partial charge >= 0.3 is 0 Å². The topological polar surface area (TPSA) is 96.5 Å². The van der Waals surface area contributed by atoms with Crippen LogP contribution in [0.4, 0.5) is 0 Å². The second-order valence-corrected chi connectivity index (χ2v) is 5.17. The lowest BCUT2D eigenvalue weighted by molar-refractivity contribution is 0.0936. The number of H-pyrrole nitrogens is 1. The van der Waals surface area contributed by atoms with Gasteiger partial charge in [0.25, 0.3) is 5.91 Å². The third-order valence-corrected chi connectivity index (χ3v) is 3.78. The number of nitrogens with one attached hydrogen (secondary N) is 2. The zero-order chi connectivity index (χ0) is 13.7. The molecule has 8 heteroatoms. The van der Waals surface area contributed by atoms with Crippen molar-refractivity contribution in [1.29, 1.82) is 0 Å². The van der Waals surface area contributed by atoms with E-state index < -0.39 is 0 Å². The molecule has 0 radical (unpaired) electrons. The maximum absolute atomic E-state index is 12.1. The second-order valence-electron chi connectivity index (χ2n) is 4.06. The van der Waals surface area contributed by atoms with Gasteiger partial charge in [-0.15, -0.1) is 21.5 Å². The van der Waals surface area contributed by atoms with Gasteiger partial charge in [-0.3, -0.25) is 4.79 Å². The molecule has 0 aliphatic carbocycles. The van der Waals surface area contributed by atoms with Crippen LogP contribution in [0.5, 0.6) is 0 Å². The second kappa shape index (κ2) is 6.37. The van der Waals surface area contributed by atoms with Crippen molar-refractivity contribution in [2.75, 3.05) is 0 Å². The molecule has 0 aliphatic heterocycles. The van der Waals surface area contributed by atoms with Gasteiger partial charge in [-0.05, 0) is 12.8 Å². The van der Waals surface area contributed by atoms with Gasteiger partial charge < -0.3 is 5.32 Å². The van der Waals surface area contributed by atoms with E-state index in [9.17, 15) is 4.79 Å². The number of carbonyl (C=O) groups excluding carboxylic acids is 1. The van der Waals surface area contributed by atoms with Crippen LogP contribution in [0.25, 0.3) is 0 Å². The van der Waals surface area contributed by atoms with Gasteiger partial charge in [0.1, 0.15) is 4.88 Å². The van der Waals surface area contributed by atoms with Crippen LogP contribution < -0.4 is 5.32 Å². The Balaban J connectivity index is 2.06. The highest BCUT2D eigenvalue weighted by Gasteiger charge is 2.20. The number of hydrogen-bond acceptors (Lipinski definition) is 6. The zero-order valence-electron chi connectivity index (χ0n) is 10.9. The monoisotopic (exact) mass is 280 g/mol. The molecule has 0 saturated carbocycles. The highest BCUT2D eigenvalue weighted by molar-refractivity contribution is 7.13. The molecular formula is C11H16N6OS. The fourth-order valence-corrected chi connectivity index (χ4v) is 2.44. The lowest BCUT2D eigenvalue weighted by Crippen LogP contribution is -2.28. The first-order valence-corrected chi connectivity index (χ1v) is 7.05. The summed E-state index contributed by atoms with van der Waals surface area (Å²) in [5.41, 5.74) is 0. The molecule has 0 aliphatic rings. The first-order chi connectivity index (χ1) is 9.24. The van der Waals surface area contributed by atoms with Crippen molar-refractivity contribution in [1.82, 2.24) is 30.9 Å². The molecule has 0 aromatic carbocycles. The Hall–Kier alpha value is -1.83. The first-order valence-electron chi connectivity index (χ1n) is 6.23. The lowest BCUT2D eigenvalue weighted by Gasteiger charge is -2.13. The molecule has 2 aromatic heterocycles. The van der Waals surface area contributed by atoms with Crippen LogP contribution in [0.1, 0.15) is 53.2 Å². The SMILES string of the molecule is CCC[C@H](NC(=O)c1cnc(CC)s1)c1nn[nH]n1. The molecule has 0 fully saturated rings. The largest absolute Gasteiger partial charge is 0.341 e. The van der Waals surface area contributed by atoms with Gasteiger partial charge in [0.2, 0.25) is 0 Å². The number of carbonyl (C=O) groups is 1. The van der Waals surface area contributed by atoms with Crippen molar-refractivity contribution in [3.05, 3.63) is 21.9 Å². The Labute approximate surface area is 114 Å². The summed E-state index contributed by atoms with van der Waals surface area (Å²) >= 11 is 1.41. The molecule has 102 valence electrons. The summed E-state index contributed by atoms with van der Waals surface area (Å²) in [4.78, 5) is 16.9. The Bertz CT molecular complexity index is 523. The third kappa shape index (κ3) is 3.34. The number of aromatic nitrogens is 5. The van der Waals surface area contributed by atoms with Crippen LogP contribution >= 0.6 is 11.3 Å². The molecule has 1 amide bonds. The van der Waals surface area contributed by atoms with E-state index in [0.717, 1.165) is 24.3 Å². The van der Waals surface area contributed by atoms with E-state index in [1.54, 1.807) is 6.20 Å². The maximum atomic E-state index is 12.1. The van der Waals surface area contributed by atoms with Gasteiger partial charge in [0.05, 0.1) is 17.2 Å². The van der Waals surface area contributed by atoms with E-state index in [4.69, 9.17) is 0 Å². The number of thiazole rings is 1. The Morgan fingerprint density at radius 3 is 2.95 bits per heavy atom. The number of tetrazole rings is 1. The summed E-state index contributed by atoms with van der Waals surface area (Å²) < 4.78 is 0. The smallest absolute Gasteiger partial charge is 0.263 e. The molecule has 1 atom stereocenters. The van der Waals surface area contributed by atoms with E-state index in [1.165, 1.54) is 11.3 Å². The van der Waals surface area contributed by atoms with Crippen LogP contribution in [0.2, 0.25) is 0 Å². The molecule has 7 nitrogen and oxygen atoms in total. The number of aromatic amines is 1. The molecule has 0 bridgehead atoms. The number of rotatable bonds is 6. The van der Waals surface area contributed by atoms with E-state index in [-0.39, 0.29) is 11.9 Å². The van der Waals surface area contributed by atoms with Crippen molar-refractivity contribution < 1.29 is 4.79 Å². The molecule has 0 spiro atoms. The summed E-state index contributed by atoms with van der Waals surface area (Å²) in [6, 6.07) is -0.219. The van der Waals surface area contributed by atoms with E-state index in [2.05, 4.69) is 30.9 Å². The third-order valence-electron chi connectivity index (χ3n) is 2.64. The summed E-state index contributed by atoms with van der Waals surface area (Å²) in [6.07, 6.45) is 4.13. The van der Waals surface area contributed by atoms with E-state index >= 15 is 0 Å². The zero-order valence-corrected chi connectivity index (χ0v) is 11.7. The molecule has 19 heavy (non-hydrogen) atoms. The first kappa shape index (κ1) is 13.6. The van der Waals surface area contributed by atoms with Gasteiger partial charge in [0.15, 0.2) is 5.82 Å². The van der Waals surface area contributed by atoms with E-state index in [1.807, 2.05) is 13.8 Å². The maximum Gasteiger partial charge on any atom is 0.263 e. The Kier molecular flexibility index (Phi) is 4.56. The molecule has 2 rings (SSSR count). The summed E-state index contributed by atoms with van der Waals surface area (Å²) in [5.74, 6) is 0.371.